The van der Waals surface area contributed by atoms with Crippen LogP contribution in [0.25, 0.3) is 0 Å². The highest BCUT2D eigenvalue weighted by atomic mass is 32.1. The molecular formula is C7H14N2O5S. The molecule has 0 aliphatic carbocycles. The molecule has 15 heavy (non-hydrogen) atoms. The number of aliphatic hydroxyl groups excluding tert-OH is 1. The van der Waals surface area contributed by atoms with Crippen LogP contribution in [0, 0.1) is 0 Å². The van der Waals surface area contributed by atoms with E-state index in [9.17, 15) is 9.59 Å². The van der Waals surface area contributed by atoms with Gasteiger partial charge in [0.15, 0.2) is 0 Å². The summed E-state index contributed by atoms with van der Waals surface area (Å²) in [6.45, 7) is 1.28. The predicted molar refractivity (Wildman–Crippen MR) is 54.7 cm³/mol. The van der Waals surface area contributed by atoms with Gasteiger partial charge in [-0.3, -0.25) is 9.59 Å². The fraction of sp³-hybridized carbons (Fsp3) is 0.714. The highest BCUT2D eigenvalue weighted by molar-refractivity contribution is 7.80. The molecule has 0 aromatic heterocycles. The van der Waals surface area contributed by atoms with Crippen molar-refractivity contribution in [3.05, 3.63) is 0 Å². The van der Waals surface area contributed by atoms with Crippen LogP contribution in [0.1, 0.15) is 6.92 Å². The van der Waals surface area contributed by atoms with E-state index in [4.69, 9.17) is 15.3 Å². The number of rotatable bonds is 7. The molecule has 0 unspecified atom stereocenters. The van der Waals surface area contributed by atoms with Gasteiger partial charge in [0, 0.05) is 5.75 Å². The molecule has 3 atom stereocenters. The summed E-state index contributed by atoms with van der Waals surface area (Å²) in [5, 5.41) is 26.3. The number of hydrogen-bond donors (Lipinski definition) is 6. The van der Waals surface area contributed by atoms with Crippen molar-refractivity contribution in [2.24, 2.45) is 0 Å². The number of hydrazine groups is 1. The highest BCUT2D eigenvalue weighted by Crippen LogP contribution is 1.93. The van der Waals surface area contributed by atoms with Crippen molar-refractivity contribution < 1.29 is 24.9 Å². The van der Waals surface area contributed by atoms with E-state index in [1.54, 1.807) is 0 Å². The van der Waals surface area contributed by atoms with Gasteiger partial charge >= 0.3 is 11.9 Å². The van der Waals surface area contributed by atoms with Gasteiger partial charge in [0.05, 0.1) is 6.10 Å². The second-order valence-corrected chi connectivity index (χ2v) is 3.28. The van der Waals surface area contributed by atoms with Crippen LogP contribution in [0.15, 0.2) is 0 Å². The standard InChI is InChI=1S/C7H14N2O5S/c1-3(10)5(7(13)14)9-8-4(2-15)6(11)12/h3-5,8-10,15H,2H2,1H3,(H,11,12)(H,13,14)/t3-,4+,5+/m1/s1. The summed E-state index contributed by atoms with van der Waals surface area (Å²) in [5.41, 5.74) is 4.49. The van der Waals surface area contributed by atoms with Gasteiger partial charge in [0.1, 0.15) is 12.1 Å². The van der Waals surface area contributed by atoms with Gasteiger partial charge in [0.2, 0.25) is 0 Å². The lowest BCUT2D eigenvalue weighted by Crippen LogP contribution is -2.56. The summed E-state index contributed by atoms with van der Waals surface area (Å²) in [7, 11) is 0. The average molecular weight is 238 g/mol. The Balaban J connectivity index is 4.20. The van der Waals surface area contributed by atoms with Gasteiger partial charge in [0.25, 0.3) is 0 Å². The van der Waals surface area contributed by atoms with Gasteiger partial charge in [-0.25, -0.2) is 10.9 Å². The average Bonchev–Trinajstić information content (AvgIpc) is 2.10. The minimum atomic E-state index is -1.28. The molecule has 88 valence electrons. The van der Waals surface area contributed by atoms with Gasteiger partial charge in [-0.1, -0.05) is 0 Å². The van der Waals surface area contributed by atoms with Crippen LogP contribution in [0.3, 0.4) is 0 Å². The molecule has 0 spiro atoms. The Morgan fingerprint density at radius 1 is 1.27 bits per heavy atom. The number of thiol groups is 1. The van der Waals surface area contributed by atoms with Gasteiger partial charge in [-0.2, -0.15) is 12.6 Å². The van der Waals surface area contributed by atoms with Crippen LogP contribution >= 0.6 is 12.6 Å². The first-order chi connectivity index (χ1) is 6.90. The van der Waals surface area contributed by atoms with E-state index in [0.717, 1.165) is 0 Å². The van der Waals surface area contributed by atoms with E-state index >= 15 is 0 Å². The van der Waals surface area contributed by atoms with Gasteiger partial charge in [-0.05, 0) is 6.92 Å². The molecule has 0 aromatic rings. The van der Waals surface area contributed by atoms with E-state index in [1.165, 1.54) is 6.92 Å². The predicted octanol–water partition coefficient (Wildman–Crippen LogP) is -1.70. The molecule has 0 radical (unpaired) electrons. The third-order valence-corrected chi connectivity index (χ3v) is 2.01. The van der Waals surface area contributed by atoms with E-state index in [0.29, 0.717) is 0 Å². The van der Waals surface area contributed by atoms with E-state index in [1.807, 2.05) is 0 Å². The lowest BCUT2D eigenvalue weighted by atomic mass is 10.2. The Labute approximate surface area is 91.9 Å². The molecule has 5 N–H and O–H groups in total. The number of hydrogen-bond acceptors (Lipinski definition) is 6. The Hall–Kier alpha value is -0.830. The minimum absolute atomic E-state index is 0.00547. The van der Waals surface area contributed by atoms with Crippen LogP contribution in [-0.4, -0.2) is 51.2 Å². The quantitative estimate of drug-likeness (QED) is 0.231. The van der Waals surface area contributed by atoms with Crippen LogP contribution in [-0.2, 0) is 9.59 Å². The van der Waals surface area contributed by atoms with Crippen molar-refractivity contribution in [2.75, 3.05) is 5.75 Å². The number of carboxylic acid groups (broad SMARTS) is 2. The Bertz CT molecular complexity index is 235. The maximum atomic E-state index is 10.6. The summed E-state index contributed by atoms with van der Waals surface area (Å²) in [6, 6.07) is -2.29. The second kappa shape index (κ2) is 6.62. The molecule has 0 amide bonds. The van der Waals surface area contributed by atoms with Crippen molar-refractivity contribution in [3.8, 4) is 0 Å². The summed E-state index contributed by atoms with van der Waals surface area (Å²) in [5.74, 6) is -2.44. The molecule has 0 saturated carbocycles. The monoisotopic (exact) mass is 238 g/mol. The summed E-state index contributed by atoms with van der Waals surface area (Å²) >= 11 is 3.77. The Morgan fingerprint density at radius 2 is 1.80 bits per heavy atom. The summed E-state index contributed by atoms with van der Waals surface area (Å²) in [6.07, 6.45) is -1.15. The lowest BCUT2D eigenvalue weighted by Gasteiger charge is -2.20. The van der Waals surface area contributed by atoms with E-state index in [-0.39, 0.29) is 5.75 Å². The third kappa shape index (κ3) is 4.98. The first-order valence-corrected chi connectivity index (χ1v) is 4.79. The fourth-order valence-electron chi connectivity index (χ4n) is 0.765. The molecule has 7 nitrogen and oxygen atoms in total. The molecule has 0 aliphatic rings. The SMILES string of the molecule is C[C@@H](O)[C@H](NN[C@@H](CS)C(=O)O)C(=O)O. The summed E-state index contributed by atoms with van der Waals surface area (Å²) < 4.78 is 0. The maximum Gasteiger partial charge on any atom is 0.324 e. The molecule has 0 saturated heterocycles. The van der Waals surface area contributed by atoms with Crippen molar-refractivity contribution in [1.29, 1.82) is 0 Å². The molecular weight excluding hydrogens is 224 g/mol. The minimum Gasteiger partial charge on any atom is -0.480 e. The number of aliphatic hydroxyl groups is 1. The molecule has 0 heterocycles. The lowest BCUT2D eigenvalue weighted by molar-refractivity contribution is -0.144. The largest absolute Gasteiger partial charge is 0.480 e. The van der Waals surface area contributed by atoms with Crippen LogP contribution in [0.5, 0.6) is 0 Å². The Morgan fingerprint density at radius 3 is 2.07 bits per heavy atom. The Kier molecular flexibility index (Phi) is 6.25. The maximum absolute atomic E-state index is 10.6. The number of carbonyl (C=O) groups is 2. The molecule has 0 rings (SSSR count). The van der Waals surface area contributed by atoms with Crippen LogP contribution < -0.4 is 10.9 Å². The first-order valence-electron chi connectivity index (χ1n) is 4.15. The summed E-state index contributed by atoms with van der Waals surface area (Å²) in [4.78, 5) is 21.1. The van der Waals surface area contributed by atoms with E-state index in [2.05, 4.69) is 23.5 Å². The number of aliphatic carboxylic acids is 2. The molecule has 0 aliphatic heterocycles. The van der Waals surface area contributed by atoms with Crippen LogP contribution in [0.4, 0.5) is 0 Å². The van der Waals surface area contributed by atoms with Crippen molar-refractivity contribution in [1.82, 2.24) is 10.9 Å². The molecule has 0 fully saturated rings. The smallest absolute Gasteiger partial charge is 0.324 e. The molecule has 0 bridgehead atoms. The first kappa shape index (κ1) is 14.2. The zero-order valence-electron chi connectivity index (χ0n) is 8.04. The highest BCUT2D eigenvalue weighted by Gasteiger charge is 2.24. The zero-order chi connectivity index (χ0) is 12.0. The third-order valence-electron chi connectivity index (χ3n) is 1.64. The van der Waals surface area contributed by atoms with E-state index < -0.39 is 30.1 Å². The second-order valence-electron chi connectivity index (χ2n) is 2.92. The molecule has 0 aromatic carbocycles. The van der Waals surface area contributed by atoms with Gasteiger partial charge in [-0.15, -0.1) is 0 Å². The van der Waals surface area contributed by atoms with Crippen molar-refractivity contribution in [3.63, 3.8) is 0 Å². The number of nitrogens with one attached hydrogen (secondary N) is 2. The van der Waals surface area contributed by atoms with Gasteiger partial charge < -0.3 is 15.3 Å². The van der Waals surface area contributed by atoms with Crippen molar-refractivity contribution in [2.45, 2.75) is 25.1 Å². The van der Waals surface area contributed by atoms with Crippen molar-refractivity contribution >= 4 is 24.6 Å². The topological polar surface area (TPSA) is 119 Å². The fourth-order valence-corrected chi connectivity index (χ4v) is 1.01. The molecule has 8 heteroatoms. The zero-order valence-corrected chi connectivity index (χ0v) is 8.94. The normalized spacial score (nSPS) is 16.7. The van der Waals surface area contributed by atoms with Crippen LogP contribution in [0.2, 0.25) is 0 Å². The number of carboxylic acids is 2.